The topological polar surface area (TPSA) is 107 Å². The van der Waals surface area contributed by atoms with E-state index in [-0.39, 0.29) is 48.4 Å². The fourth-order valence-electron chi connectivity index (χ4n) is 3.20. The summed E-state index contributed by atoms with van der Waals surface area (Å²) in [6.45, 7) is 2.33. The van der Waals surface area contributed by atoms with Gasteiger partial charge < -0.3 is 10.2 Å². The normalized spacial score (nSPS) is 19.2. The number of imide groups is 1. The molecule has 2 saturated heterocycles. The molecule has 3 amide bonds. The molecule has 152 valence electrons. The summed E-state index contributed by atoms with van der Waals surface area (Å²) in [5, 5.41) is 2.66. The molecule has 2 aliphatic rings. The average molecular weight is 408 g/mol. The molecule has 2 heterocycles. The lowest BCUT2D eigenvalue weighted by Crippen LogP contribution is -2.46. The van der Waals surface area contributed by atoms with Crippen LogP contribution in [0.3, 0.4) is 0 Å². The molecule has 10 heteroatoms. The summed E-state index contributed by atoms with van der Waals surface area (Å²) in [6.07, 6.45) is 0.395. The van der Waals surface area contributed by atoms with Gasteiger partial charge in [-0.3, -0.25) is 19.3 Å². The molecule has 1 N–H and O–H groups in total. The van der Waals surface area contributed by atoms with E-state index in [1.54, 1.807) is 0 Å². The van der Waals surface area contributed by atoms with Crippen LogP contribution in [-0.2, 0) is 24.4 Å². The van der Waals surface area contributed by atoms with Gasteiger partial charge in [-0.25, -0.2) is 8.42 Å². The van der Waals surface area contributed by atoms with Crippen molar-refractivity contribution in [2.24, 2.45) is 0 Å². The number of likely N-dealkylation sites (N-methyl/N-ethyl adjacent to an activating group) is 1. The summed E-state index contributed by atoms with van der Waals surface area (Å²) < 4.78 is 26.8. The Kier molecular flexibility index (Phi) is 6.11. The Hall–Kier alpha value is -2.30. The predicted octanol–water partition coefficient (Wildman–Crippen LogP) is 0.100. The van der Waals surface area contributed by atoms with E-state index in [4.69, 9.17) is 0 Å². The summed E-state index contributed by atoms with van der Waals surface area (Å²) in [7, 11) is -1.60. The molecule has 28 heavy (non-hydrogen) atoms. The van der Waals surface area contributed by atoms with Gasteiger partial charge in [0.2, 0.25) is 27.7 Å². The first-order valence-electron chi connectivity index (χ1n) is 9.19. The van der Waals surface area contributed by atoms with Crippen molar-refractivity contribution in [2.45, 2.75) is 24.2 Å². The van der Waals surface area contributed by atoms with Crippen LogP contribution in [0, 0.1) is 0 Å². The molecule has 3 rings (SSSR count). The quantitative estimate of drug-likeness (QED) is 0.669. The van der Waals surface area contributed by atoms with Gasteiger partial charge in [-0.05, 0) is 31.3 Å². The molecule has 0 aliphatic carbocycles. The second kappa shape index (κ2) is 8.38. The van der Waals surface area contributed by atoms with Crippen LogP contribution >= 0.6 is 0 Å². The third kappa shape index (κ3) is 4.57. The van der Waals surface area contributed by atoms with E-state index in [0.29, 0.717) is 31.9 Å². The molecular formula is C18H24N4O5S. The van der Waals surface area contributed by atoms with Crippen LogP contribution < -0.4 is 5.32 Å². The van der Waals surface area contributed by atoms with Crippen molar-refractivity contribution in [1.82, 2.24) is 14.1 Å². The number of anilines is 1. The first-order chi connectivity index (χ1) is 13.3. The molecule has 0 spiro atoms. The van der Waals surface area contributed by atoms with Gasteiger partial charge >= 0.3 is 0 Å². The fourth-order valence-corrected chi connectivity index (χ4v) is 4.62. The van der Waals surface area contributed by atoms with Gasteiger partial charge in [0.15, 0.2) is 0 Å². The Morgan fingerprint density at radius 2 is 1.57 bits per heavy atom. The van der Waals surface area contributed by atoms with Gasteiger partial charge in [0.1, 0.15) is 0 Å². The smallest absolute Gasteiger partial charge is 0.243 e. The van der Waals surface area contributed by atoms with E-state index in [9.17, 15) is 22.8 Å². The summed E-state index contributed by atoms with van der Waals surface area (Å²) in [6, 6.07) is 6.01. The number of likely N-dealkylation sites (tertiary alicyclic amines) is 1. The van der Waals surface area contributed by atoms with Crippen molar-refractivity contribution in [3.63, 3.8) is 0 Å². The zero-order chi connectivity index (χ0) is 20.3. The van der Waals surface area contributed by atoms with Crippen LogP contribution in [0.15, 0.2) is 29.2 Å². The Bertz CT molecular complexity index is 844. The Balaban J connectivity index is 1.56. The average Bonchev–Trinajstić information content (AvgIpc) is 2.98. The molecule has 9 nitrogen and oxygen atoms in total. The zero-order valence-electron chi connectivity index (χ0n) is 15.8. The second-order valence-corrected chi connectivity index (χ2v) is 8.91. The highest BCUT2D eigenvalue weighted by molar-refractivity contribution is 7.89. The van der Waals surface area contributed by atoms with E-state index in [2.05, 4.69) is 10.2 Å². The molecule has 2 aliphatic heterocycles. The van der Waals surface area contributed by atoms with Gasteiger partial charge in [-0.2, -0.15) is 4.31 Å². The molecule has 2 fully saturated rings. The minimum absolute atomic E-state index is 0.00117. The molecule has 0 radical (unpaired) electrons. The minimum atomic E-state index is -3.55. The Morgan fingerprint density at radius 1 is 1.00 bits per heavy atom. The molecule has 0 saturated carbocycles. The molecule has 0 unspecified atom stereocenters. The summed E-state index contributed by atoms with van der Waals surface area (Å²) in [4.78, 5) is 38.5. The highest BCUT2D eigenvalue weighted by atomic mass is 32.2. The van der Waals surface area contributed by atoms with Gasteiger partial charge in [0.25, 0.3) is 0 Å². The largest absolute Gasteiger partial charge is 0.326 e. The lowest BCUT2D eigenvalue weighted by atomic mass is 10.3. The number of benzene rings is 1. The van der Waals surface area contributed by atoms with Gasteiger partial charge in [-0.15, -0.1) is 0 Å². The molecule has 0 atom stereocenters. The van der Waals surface area contributed by atoms with Crippen LogP contribution in [0.4, 0.5) is 5.69 Å². The van der Waals surface area contributed by atoms with E-state index in [1.807, 2.05) is 7.05 Å². The zero-order valence-corrected chi connectivity index (χ0v) is 16.6. The third-order valence-corrected chi connectivity index (χ3v) is 6.87. The molecule has 1 aromatic rings. The Labute approximate surface area is 164 Å². The van der Waals surface area contributed by atoms with Crippen molar-refractivity contribution < 1.29 is 22.8 Å². The molecule has 0 aromatic heterocycles. The standard InChI is InChI=1S/C18H24N4O5S/c1-20-10-12-21(13-11-20)28(26,27)15-4-2-14(3-5-15)19-16(23)8-9-22-17(24)6-7-18(22)25/h2-5H,6-13H2,1H3,(H,19,23). The summed E-state index contributed by atoms with van der Waals surface area (Å²) in [5.41, 5.74) is 0.460. The van der Waals surface area contributed by atoms with E-state index >= 15 is 0 Å². The number of nitrogens with zero attached hydrogens (tertiary/aromatic N) is 3. The number of piperazine rings is 1. The van der Waals surface area contributed by atoms with E-state index in [0.717, 1.165) is 4.90 Å². The minimum Gasteiger partial charge on any atom is -0.326 e. The van der Waals surface area contributed by atoms with Gasteiger partial charge in [0, 0.05) is 57.7 Å². The van der Waals surface area contributed by atoms with Crippen LogP contribution in [-0.4, -0.2) is 80.0 Å². The summed E-state index contributed by atoms with van der Waals surface area (Å²) in [5.74, 6) is -0.852. The van der Waals surface area contributed by atoms with Gasteiger partial charge in [-0.1, -0.05) is 0 Å². The third-order valence-electron chi connectivity index (χ3n) is 4.96. The number of carbonyl (C=O) groups excluding carboxylic acids is 3. The molecule has 1 aromatic carbocycles. The number of nitrogens with one attached hydrogen (secondary N) is 1. The predicted molar refractivity (Wildman–Crippen MR) is 102 cm³/mol. The maximum atomic E-state index is 12.7. The lowest BCUT2D eigenvalue weighted by molar-refractivity contribution is -0.138. The SMILES string of the molecule is CN1CCN(S(=O)(=O)c2ccc(NC(=O)CCN3C(=O)CCC3=O)cc2)CC1. The molecular weight excluding hydrogens is 384 g/mol. The Morgan fingerprint density at radius 3 is 2.14 bits per heavy atom. The number of hydrogen-bond acceptors (Lipinski definition) is 6. The monoisotopic (exact) mass is 408 g/mol. The van der Waals surface area contributed by atoms with Gasteiger partial charge in [0.05, 0.1) is 4.90 Å². The number of rotatable bonds is 6. The second-order valence-electron chi connectivity index (χ2n) is 6.97. The first kappa shape index (κ1) is 20.4. The van der Waals surface area contributed by atoms with Crippen LogP contribution in [0.1, 0.15) is 19.3 Å². The lowest BCUT2D eigenvalue weighted by Gasteiger charge is -2.31. The van der Waals surface area contributed by atoms with Crippen molar-refractivity contribution in [3.05, 3.63) is 24.3 Å². The number of carbonyl (C=O) groups is 3. The molecule has 0 bridgehead atoms. The summed E-state index contributed by atoms with van der Waals surface area (Å²) >= 11 is 0. The van der Waals surface area contributed by atoms with Crippen molar-refractivity contribution in [2.75, 3.05) is 45.1 Å². The highest BCUT2D eigenvalue weighted by Crippen LogP contribution is 2.20. The maximum absolute atomic E-state index is 12.7. The van der Waals surface area contributed by atoms with Crippen molar-refractivity contribution >= 4 is 33.4 Å². The van der Waals surface area contributed by atoms with E-state index < -0.39 is 10.0 Å². The number of hydrogen-bond donors (Lipinski definition) is 1. The van der Waals surface area contributed by atoms with Crippen LogP contribution in [0.5, 0.6) is 0 Å². The first-order valence-corrected chi connectivity index (χ1v) is 10.6. The highest BCUT2D eigenvalue weighted by Gasteiger charge is 2.29. The fraction of sp³-hybridized carbons (Fsp3) is 0.500. The van der Waals surface area contributed by atoms with E-state index in [1.165, 1.54) is 28.6 Å². The van der Waals surface area contributed by atoms with Crippen molar-refractivity contribution in [1.29, 1.82) is 0 Å². The van der Waals surface area contributed by atoms with Crippen LogP contribution in [0.25, 0.3) is 0 Å². The van der Waals surface area contributed by atoms with Crippen molar-refractivity contribution in [3.8, 4) is 0 Å². The maximum Gasteiger partial charge on any atom is 0.243 e. The number of amides is 3. The van der Waals surface area contributed by atoms with Crippen LogP contribution in [0.2, 0.25) is 0 Å². The number of sulfonamides is 1.